The number of anilines is 1. The summed E-state index contributed by atoms with van der Waals surface area (Å²) >= 11 is 0. The summed E-state index contributed by atoms with van der Waals surface area (Å²) in [6, 6.07) is 6.59. The Morgan fingerprint density at radius 2 is 2.06 bits per heavy atom. The zero-order valence-corrected chi connectivity index (χ0v) is 10.9. The molecule has 100 valence electrons. The van der Waals surface area contributed by atoms with Gasteiger partial charge in [-0.15, -0.1) is 0 Å². The van der Waals surface area contributed by atoms with Crippen LogP contribution >= 0.6 is 0 Å². The van der Waals surface area contributed by atoms with Gasteiger partial charge in [0, 0.05) is 6.54 Å². The normalized spacial score (nSPS) is 10.9. The number of hydrogen-bond acceptors (Lipinski definition) is 5. The van der Waals surface area contributed by atoms with E-state index in [1.165, 1.54) is 6.07 Å². The molecule has 1 rings (SSSR count). The van der Waals surface area contributed by atoms with Gasteiger partial charge in [-0.1, -0.05) is 19.1 Å². The molecule has 3 N–H and O–H groups in total. The number of nitrogens with one attached hydrogen (secondary N) is 1. The summed E-state index contributed by atoms with van der Waals surface area (Å²) in [4.78, 5) is 10.6. The first-order valence-corrected chi connectivity index (χ1v) is 7.10. The highest BCUT2D eigenvalue weighted by molar-refractivity contribution is 7.91. The number of benzene rings is 1. The molecule has 1 aromatic carbocycles. The Hall–Kier alpha value is -1.76. The first-order chi connectivity index (χ1) is 8.47. The minimum absolute atomic E-state index is 0.0312. The van der Waals surface area contributed by atoms with Gasteiger partial charge in [-0.25, -0.2) is 13.2 Å². The second-order valence-corrected chi connectivity index (χ2v) is 5.74. The average molecular weight is 272 g/mol. The number of amides is 1. The van der Waals surface area contributed by atoms with E-state index in [9.17, 15) is 13.2 Å². The maximum absolute atomic E-state index is 11.8. The minimum Gasteiger partial charge on any atom is -0.448 e. The van der Waals surface area contributed by atoms with E-state index < -0.39 is 15.9 Å². The van der Waals surface area contributed by atoms with Gasteiger partial charge in [-0.3, -0.25) is 0 Å². The van der Waals surface area contributed by atoms with Gasteiger partial charge in [0.1, 0.15) is 6.61 Å². The second kappa shape index (κ2) is 6.25. The van der Waals surface area contributed by atoms with E-state index in [0.29, 0.717) is 12.2 Å². The number of nitrogens with two attached hydrogens (primary N) is 1. The molecular weight excluding hydrogens is 256 g/mol. The minimum atomic E-state index is -3.28. The molecule has 7 heteroatoms. The van der Waals surface area contributed by atoms with E-state index in [2.05, 4.69) is 10.1 Å². The van der Waals surface area contributed by atoms with Crippen LogP contribution in [0.2, 0.25) is 0 Å². The van der Waals surface area contributed by atoms with Crippen molar-refractivity contribution in [1.29, 1.82) is 0 Å². The van der Waals surface area contributed by atoms with Crippen molar-refractivity contribution in [2.45, 2.75) is 11.8 Å². The van der Waals surface area contributed by atoms with Crippen LogP contribution in [0.4, 0.5) is 10.5 Å². The Labute approximate surface area is 106 Å². The van der Waals surface area contributed by atoms with Crippen molar-refractivity contribution in [3.8, 4) is 0 Å². The maximum Gasteiger partial charge on any atom is 0.404 e. The highest BCUT2D eigenvalue weighted by Crippen LogP contribution is 2.21. The number of ether oxygens (including phenoxy) is 1. The summed E-state index contributed by atoms with van der Waals surface area (Å²) in [5, 5.41) is 2.90. The molecule has 0 unspecified atom stereocenters. The molecule has 0 saturated carbocycles. The van der Waals surface area contributed by atoms with Gasteiger partial charge < -0.3 is 15.8 Å². The lowest BCUT2D eigenvalue weighted by Crippen LogP contribution is -2.19. The van der Waals surface area contributed by atoms with Crippen molar-refractivity contribution in [3.05, 3.63) is 24.3 Å². The molecule has 0 bridgehead atoms. The molecule has 0 spiro atoms. The lowest BCUT2D eigenvalue weighted by atomic mass is 10.3. The number of sulfone groups is 1. The third-order valence-corrected chi connectivity index (χ3v) is 4.05. The van der Waals surface area contributed by atoms with Crippen LogP contribution in [-0.2, 0) is 14.6 Å². The Morgan fingerprint density at radius 3 is 2.67 bits per heavy atom. The lowest BCUT2D eigenvalue weighted by molar-refractivity contribution is 0.161. The molecule has 0 saturated heterocycles. The third-order valence-electron chi connectivity index (χ3n) is 2.26. The summed E-state index contributed by atoms with van der Waals surface area (Å²) in [7, 11) is -3.28. The van der Waals surface area contributed by atoms with Crippen molar-refractivity contribution in [2.75, 3.05) is 24.2 Å². The number of carbonyl (C=O) groups excluding carboxylic acids is 1. The van der Waals surface area contributed by atoms with Crippen molar-refractivity contribution in [1.82, 2.24) is 0 Å². The number of hydrogen-bond donors (Lipinski definition) is 2. The highest BCUT2D eigenvalue weighted by Gasteiger charge is 2.15. The molecule has 0 aromatic heterocycles. The number of para-hydroxylation sites is 1. The van der Waals surface area contributed by atoms with Crippen LogP contribution in [0, 0.1) is 0 Å². The molecule has 0 aliphatic carbocycles. The third kappa shape index (κ3) is 3.92. The predicted octanol–water partition coefficient (Wildman–Crippen LogP) is 0.987. The maximum atomic E-state index is 11.8. The van der Waals surface area contributed by atoms with Crippen molar-refractivity contribution >= 4 is 21.6 Å². The number of rotatable bonds is 6. The first kappa shape index (κ1) is 14.3. The first-order valence-electron chi connectivity index (χ1n) is 5.45. The van der Waals surface area contributed by atoms with E-state index in [1.807, 2.05) is 0 Å². The van der Waals surface area contributed by atoms with E-state index >= 15 is 0 Å². The lowest BCUT2D eigenvalue weighted by Gasteiger charge is -2.11. The Bertz CT molecular complexity index is 514. The Kier molecular flexibility index (Phi) is 4.96. The van der Waals surface area contributed by atoms with E-state index in [4.69, 9.17) is 5.73 Å². The molecule has 0 aliphatic heterocycles. The summed E-state index contributed by atoms with van der Waals surface area (Å²) in [5.41, 5.74) is 5.30. The highest BCUT2D eigenvalue weighted by atomic mass is 32.2. The van der Waals surface area contributed by atoms with Gasteiger partial charge in [-0.2, -0.15) is 0 Å². The standard InChI is InChI=1S/C11H16N2O4S/c1-2-18(15,16)10-6-4-3-5-9(10)13-7-8-17-11(12)14/h3-6,13H,2,7-8H2,1H3,(H2,12,14). The van der Waals surface area contributed by atoms with Crippen LogP contribution in [0.3, 0.4) is 0 Å². The molecular formula is C11H16N2O4S. The quantitative estimate of drug-likeness (QED) is 0.752. The van der Waals surface area contributed by atoms with Crippen LogP contribution in [0.5, 0.6) is 0 Å². The molecule has 0 atom stereocenters. The molecule has 1 aromatic rings. The van der Waals surface area contributed by atoms with Crippen LogP contribution < -0.4 is 11.1 Å². The fourth-order valence-corrected chi connectivity index (χ4v) is 2.45. The fourth-order valence-electron chi connectivity index (χ4n) is 1.38. The van der Waals surface area contributed by atoms with E-state index in [1.54, 1.807) is 25.1 Å². The van der Waals surface area contributed by atoms with Crippen molar-refractivity contribution in [3.63, 3.8) is 0 Å². The van der Waals surface area contributed by atoms with E-state index in [0.717, 1.165) is 0 Å². The van der Waals surface area contributed by atoms with E-state index in [-0.39, 0.29) is 17.3 Å². The molecule has 0 fully saturated rings. The number of primary amides is 1. The summed E-state index contributed by atoms with van der Waals surface area (Å²) in [6.07, 6.45) is -0.855. The largest absolute Gasteiger partial charge is 0.448 e. The van der Waals surface area contributed by atoms with Gasteiger partial charge >= 0.3 is 6.09 Å². The zero-order valence-electron chi connectivity index (χ0n) is 10.0. The average Bonchev–Trinajstić information content (AvgIpc) is 2.35. The zero-order chi connectivity index (χ0) is 13.6. The summed E-state index contributed by atoms with van der Waals surface area (Å²) in [5.74, 6) is 0.0312. The van der Waals surface area contributed by atoms with Crippen LogP contribution in [0.1, 0.15) is 6.92 Å². The van der Waals surface area contributed by atoms with Gasteiger partial charge in [-0.05, 0) is 12.1 Å². The molecule has 6 nitrogen and oxygen atoms in total. The van der Waals surface area contributed by atoms with Crippen LogP contribution in [0.25, 0.3) is 0 Å². The second-order valence-electron chi connectivity index (χ2n) is 3.49. The molecule has 0 heterocycles. The molecule has 0 radical (unpaired) electrons. The molecule has 18 heavy (non-hydrogen) atoms. The van der Waals surface area contributed by atoms with Gasteiger partial charge in [0.2, 0.25) is 0 Å². The Morgan fingerprint density at radius 1 is 1.39 bits per heavy atom. The monoisotopic (exact) mass is 272 g/mol. The van der Waals surface area contributed by atoms with Crippen LogP contribution in [0.15, 0.2) is 29.2 Å². The predicted molar refractivity (Wildman–Crippen MR) is 68.2 cm³/mol. The molecule has 0 aliphatic rings. The summed E-state index contributed by atoms with van der Waals surface area (Å²) < 4.78 is 28.2. The molecule has 1 amide bonds. The number of carbonyl (C=O) groups is 1. The SMILES string of the molecule is CCS(=O)(=O)c1ccccc1NCCOC(N)=O. The topological polar surface area (TPSA) is 98.5 Å². The smallest absolute Gasteiger partial charge is 0.404 e. The fraction of sp³-hybridized carbons (Fsp3) is 0.364. The van der Waals surface area contributed by atoms with Crippen molar-refractivity contribution in [2.24, 2.45) is 5.73 Å². The van der Waals surface area contributed by atoms with Gasteiger partial charge in [0.25, 0.3) is 0 Å². The van der Waals surface area contributed by atoms with Crippen molar-refractivity contribution < 1.29 is 17.9 Å². The van der Waals surface area contributed by atoms with Gasteiger partial charge in [0.15, 0.2) is 9.84 Å². The summed E-state index contributed by atoms with van der Waals surface area (Å²) in [6.45, 7) is 1.96. The van der Waals surface area contributed by atoms with Crippen LogP contribution in [-0.4, -0.2) is 33.4 Å². The van der Waals surface area contributed by atoms with Gasteiger partial charge in [0.05, 0.1) is 16.3 Å². The Balaban J connectivity index is 2.75.